The minimum Gasteiger partial charge on any atom is -0.504 e. The maximum Gasteiger partial charge on any atom is 0.160 e. The van der Waals surface area contributed by atoms with Crippen molar-refractivity contribution in [3.05, 3.63) is 23.8 Å². The summed E-state index contributed by atoms with van der Waals surface area (Å²) in [6.07, 6.45) is -6.41. The minimum absolute atomic E-state index is 0.0780. The Morgan fingerprint density at radius 1 is 1.22 bits per heavy atom. The van der Waals surface area contributed by atoms with Gasteiger partial charge in [-0.2, -0.15) is 0 Å². The molecular weight excluding hydrogens is 308 g/mol. The van der Waals surface area contributed by atoms with Gasteiger partial charge in [0.05, 0.1) is 25.9 Å². The fourth-order valence-corrected chi connectivity index (χ4v) is 2.70. The van der Waals surface area contributed by atoms with E-state index in [-0.39, 0.29) is 17.9 Å². The van der Waals surface area contributed by atoms with E-state index >= 15 is 0 Å². The van der Waals surface area contributed by atoms with E-state index in [1.807, 2.05) is 0 Å². The third-order valence-corrected chi connectivity index (χ3v) is 4.11. The Morgan fingerprint density at radius 2 is 1.91 bits per heavy atom. The lowest BCUT2D eigenvalue weighted by Crippen LogP contribution is -2.55. The minimum atomic E-state index is -1.43. The van der Waals surface area contributed by atoms with Gasteiger partial charge in [-0.3, -0.25) is 0 Å². The van der Waals surface area contributed by atoms with E-state index in [9.17, 15) is 25.5 Å². The summed E-state index contributed by atoms with van der Waals surface area (Å²) >= 11 is 0. The van der Waals surface area contributed by atoms with Crippen molar-refractivity contribution in [2.75, 3.05) is 13.7 Å². The first-order valence-corrected chi connectivity index (χ1v) is 7.24. The van der Waals surface area contributed by atoms with Crippen molar-refractivity contribution in [2.45, 2.75) is 37.1 Å². The summed E-state index contributed by atoms with van der Waals surface area (Å²) < 4.78 is 10.0. The average Bonchev–Trinajstić information content (AvgIpc) is 2.55. The van der Waals surface area contributed by atoms with Gasteiger partial charge in [0.25, 0.3) is 0 Å². The number of aliphatic hydroxyl groups is 5. The second-order valence-corrected chi connectivity index (χ2v) is 5.58. The zero-order valence-electron chi connectivity index (χ0n) is 12.6. The van der Waals surface area contributed by atoms with E-state index in [2.05, 4.69) is 0 Å². The first-order valence-electron chi connectivity index (χ1n) is 7.24. The summed E-state index contributed by atoms with van der Waals surface area (Å²) in [6.45, 7) is -0.542. The highest BCUT2D eigenvalue weighted by atomic mass is 16.6. The second-order valence-electron chi connectivity index (χ2n) is 5.58. The van der Waals surface area contributed by atoms with Crippen LogP contribution in [0.3, 0.4) is 0 Å². The molecule has 6 atom stereocenters. The molecule has 0 saturated carbocycles. The SMILES string of the molecule is COc1cc(C(O)C[C@H]2C(O)O[C@H](CO)[C@@H](O)[C@@H]2O)ccc1O. The van der Waals surface area contributed by atoms with Gasteiger partial charge in [0, 0.05) is 5.92 Å². The fraction of sp³-hybridized carbons (Fsp3) is 0.600. The lowest BCUT2D eigenvalue weighted by molar-refractivity contribution is -0.273. The van der Waals surface area contributed by atoms with Crippen molar-refractivity contribution in [1.29, 1.82) is 0 Å². The highest BCUT2D eigenvalue weighted by Crippen LogP contribution is 2.35. The van der Waals surface area contributed by atoms with E-state index < -0.39 is 43.2 Å². The molecule has 1 aromatic rings. The summed E-state index contributed by atoms with van der Waals surface area (Å²) in [5, 5.41) is 58.7. The Balaban J connectivity index is 2.11. The Bertz CT molecular complexity index is 522. The van der Waals surface area contributed by atoms with Crippen molar-refractivity contribution < 1.29 is 40.1 Å². The smallest absolute Gasteiger partial charge is 0.160 e. The number of ether oxygens (including phenoxy) is 2. The second kappa shape index (κ2) is 7.43. The highest BCUT2D eigenvalue weighted by molar-refractivity contribution is 5.42. The largest absolute Gasteiger partial charge is 0.504 e. The molecule has 23 heavy (non-hydrogen) atoms. The molecule has 1 aliphatic rings. The third kappa shape index (κ3) is 3.74. The number of hydrogen-bond acceptors (Lipinski definition) is 8. The van der Waals surface area contributed by atoms with E-state index in [1.54, 1.807) is 0 Å². The lowest BCUT2D eigenvalue weighted by Gasteiger charge is -2.40. The predicted octanol–water partition coefficient (Wildman–Crippen LogP) is -1.13. The van der Waals surface area contributed by atoms with Crippen LogP contribution in [-0.4, -0.2) is 69.0 Å². The molecule has 0 aliphatic carbocycles. The maximum atomic E-state index is 10.3. The monoisotopic (exact) mass is 330 g/mol. The number of aliphatic hydroxyl groups excluding tert-OH is 5. The molecule has 1 heterocycles. The van der Waals surface area contributed by atoms with Gasteiger partial charge in [-0.25, -0.2) is 0 Å². The molecule has 0 radical (unpaired) electrons. The molecule has 2 unspecified atom stereocenters. The van der Waals surface area contributed by atoms with E-state index in [1.165, 1.54) is 25.3 Å². The van der Waals surface area contributed by atoms with Crippen LogP contribution in [0.25, 0.3) is 0 Å². The van der Waals surface area contributed by atoms with Crippen molar-refractivity contribution in [3.8, 4) is 11.5 Å². The molecule has 8 heteroatoms. The predicted molar refractivity (Wildman–Crippen MR) is 77.7 cm³/mol. The normalized spacial score (nSPS) is 32.5. The molecule has 1 fully saturated rings. The zero-order valence-corrected chi connectivity index (χ0v) is 12.6. The summed E-state index contributed by atoms with van der Waals surface area (Å²) in [5.74, 6) is -0.837. The molecule has 0 aromatic heterocycles. The molecule has 8 nitrogen and oxygen atoms in total. The number of phenolic OH excluding ortho intramolecular Hbond substituents is 1. The van der Waals surface area contributed by atoms with Gasteiger partial charge in [0.2, 0.25) is 0 Å². The van der Waals surface area contributed by atoms with Gasteiger partial charge in [0.15, 0.2) is 17.8 Å². The maximum absolute atomic E-state index is 10.3. The van der Waals surface area contributed by atoms with Crippen molar-refractivity contribution in [1.82, 2.24) is 0 Å². The summed E-state index contributed by atoms with van der Waals surface area (Å²) in [6, 6.07) is 4.28. The number of phenols is 1. The Hall–Kier alpha value is -1.42. The molecular formula is C15H22O8. The Morgan fingerprint density at radius 3 is 2.52 bits per heavy atom. The molecule has 130 valence electrons. The quantitative estimate of drug-likeness (QED) is 0.399. The van der Waals surface area contributed by atoms with Gasteiger partial charge in [-0.15, -0.1) is 0 Å². The van der Waals surface area contributed by atoms with E-state index in [0.717, 1.165) is 0 Å². The van der Waals surface area contributed by atoms with E-state index in [4.69, 9.17) is 14.6 Å². The van der Waals surface area contributed by atoms with Gasteiger partial charge >= 0.3 is 0 Å². The van der Waals surface area contributed by atoms with E-state index in [0.29, 0.717) is 5.56 Å². The Kier molecular flexibility index (Phi) is 5.79. The van der Waals surface area contributed by atoms with Crippen LogP contribution in [-0.2, 0) is 4.74 Å². The first-order chi connectivity index (χ1) is 10.9. The zero-order chi connectivity index (χ0) is 17.1. The number of benzene rings is 1. The standard InChI is InChI=1S/C15H22O8/c1-22-11-4-7(2-3-9(11)17)10(18)5-8-13(19)14(20)12(6-16)23-15(8)21/h2-4,8,10,12-21H,5-6H2,1H3/t8-,10?,12-,13-,14-,15?/m1/s1. The number of aromatic hydroxyl groups is 1. The highest BCUT2D eigenvalue weighted by Gasteiger charge is 2.44. The van der Waals surface area contributed by atoms with Crippen LogP contribution in [0.5, 0.6) is 11.5 Å². The van der Waals surface area contributed by atoms with Gasteiger partial charge in [-0.1, -0.05) is 6.07 Å². The molecule has 2 rings (SSSR count). The summed E-state index contributed by atoms with van der Waals surface area (Å²) in [5.41, 5.74) is 0.415. The fourth-order valence-electron chi connectivity index (χ4n) is 2.70. The van der Waals surface area contributed by atoms with Gasteiger partial charge in [-0.05, 0) is 24.1 Å². The van der Waals surface area contributed by atoms with Crippen LogP contribution in [0.1, 0.15) is 18.1 Å². The van der Waals surface area contributed by atoms with Crippen molar-refractivity contribution >= 4 is 0 Å². The third-order valence-electron chi connectivity index (χ3n) is 4.11. The molecule has 1 aromatic carbocycles. The van der Waals surface area contributed by atoms with Gasteiger partial charge in [0.1, 0.15) is 12.2 Å². The van der Waals surface area contributed by atoms with Crippen LogP contribution < -0.4 is 4.74 Å². The molecule has 1 saturated heterocycles. The van der Waals surface area contributed by atoms with Crippen LogP contribution in [0.4, 0.5) is 0 Å². The number of hydrogen-bond donors (Lipinski definition) is 6. The molecule has 0 amide bonds. The molecule has 0 spiro atoms. The number of rotatable bonds is 5. The number of methoxy groups -OCH3 is 1. The lowest BCUT2D eigenvalue weighted by atomic mass is 9.85. The van der Waals surface area contributed by atoms with Crippen LogP contribution in [0, 0.1) is 5.92 Å². The summed E-state index contributed by atoms with van der Waals surface area (Å²) in [7, 11) is 1.37. The van der Waals surface area contributed by atoms with Crippen LogP contribution in [0.15, 0.2) is 18.2 Å². The van der Waals surface area contributed by atoms with Crippen LogP contribution in [0.2, 0.25) is 0 Å². The molecule has 0 bridgehead atoms. The Labute approximate surface area is 133 Å². The van der Waals surface area contributed by atoms with Crippen molar-refractivity contribution in [2.24, 2.45) is 5.92 Å². The molecule has 6 N–H and O–H groups in total. The first kappa shape index (κ1) is 17.9. The molecule has 1 aliphatic heterocycles. The topological polar surface area (TPSA) is 140 Å². The average molecular weight is 330 g/mol. The van der Waals surface area contributed by atoms with Gasteiger partial charge < -0.3 is 40.1 Å². The summed E-state index contributed by atoms with van der Waals surface area (Å²) in [4.78, 5) is 0. The van der Waals surface area contributed by atoms with Crippen molar-refractivity contribution in [3.63, 3.8) is 0 Å². The van der Waals surface area contributed by atoms with Crippen LogP contribution >= 0.6 is 0 Å².